The van der Waals surface area contributed by atoms with Gasteiger partial charge in [-0.05, 0) is 24.6 Å². The van der Waals surface area contributed by atoms with Crippen LogP contribution in [0.3, 0.4) is 0 Å². The van der Waals surface area contributed by atoms with Gasteiger partial charge < -0.3 is 5.73 Å². The summed E-state index contributed by atoms with van der Waals surface area (Å²) in [4.78, 5) is 22.8. The number of aromatic amines is 2. The molecule has 14 heavy (non-hydrogen) atoms. The highest BCUT2D eigenvalue weighted by molar-refractivity contribution is 5.87. The maximum absolute atomic E-state index is 11.4. The summed E-state index contributed by atoms with van der Waals surface area (Å²) in [6, 6.07) is 3.16. The van der Waals surface area contributed by atoms with Crippen molar-refractivity contribution in [1.29, 1.82) is 0 Å². The lowest BCUT2D eigenvalue weighted by Gasteiger charge is -2.02. The van der Waals surface area contributed by atoms with E-state index in [1.807, 2.05) is 0 Å². The van der Waals surface area contributed by atoms with Crippen LogP contribution in [0, 0.1) is 6.92 Å². The van der Waals surface area contributed by atoms with Gasteiger partial charge in [0.15, 0.2) is 0 Å². The van der Waals surface area contributed by atoms with Crippen LogP contribution in [-0.4, -0.2) is 10.2 Å². The third-order valence-corrected chi connectivity index (χ3v) is 2.27. The Morgan fingerprint density at radius 2 is 1.79 bits per heavy atom. The van der Waals surface area contributed by atoms with E-state index in [4.69, 9.17) is 5.73 Å². The number of rotatable bonds is 0. The van der Waals surface area contributed by atoms with E-state index in [9.17, 15) is 9.59 Å². The molecular weight excluding hydrogens is 182 g/mol. The van der Waals surface area contributed by atoms with Gasteiger partial charge in [0.25, 0.3) is 11.1 Å². The van der Waals surface area contributed by atoms with Crippen LogP contribution in [0.4, 0.5) is 5.69 Å². The normalized spacial score (nSPS) is 10.6. The Labute approximate surface area is 78.5 Å². The predicted octanol–water partition coefficient (Wildman–Crippen LogP) is 0.107. The molecule has 2 rings (SSSR count). The number of aromatic nitrogens is 2. The van der Waals surface area contributed by atoms with Crippen LogP contribution in [0.5, 0.6) is 0 Å². The van der Waals surface area contributed by atoms with Gasteiger partial charge in [-0.2, -0.15) is 0 Å². The minimum Gasteiger partial charge on any atom is -0.398 e. The molecule has 0 aliphatic carbocycles. The highest BCUT2D eigenvalue weighted by atomic mass is 16.1. The molecular formula is C9H9N3O2. The van der Waals surface area contributed by atoms with Crippen LogP contribution in [-0.2, 0) is 0 Å². The quantitative estimate of drug-likeness (QED) is 0.516. The number of anilines is 1. The van der Waals surface area contributed by atoms with Gasteiger partial charge in [-0.1, -0.05) is 0 Å². The number of hydrogen-bond donors (Lipinski definition) is 3. The van der Waals surface area contributed by atoms with E-state index in [0.717, 1.165) is 0 Å². The Bertz CT molecular complexity index is 609. The van der Waals surface area contributed by atoms with Crippen molar-refractivity contribution in [3.63, 3.8) is 0 Å². The Morgan fingerprint density at radius 1 is 1.14 bits per heavy atom. The van der Waals surface area contributed by atoms with Gasteiger partial charge in [0.05, 0.1) is 10.8 Å². The lowest BCUT2D eigenvalue weighted by molar-refractivity contribution is 0.975. The van der Waals surface area contributed by atoms with Crippen LogP contribution in [0.1, 0.15) is 5.56 Å². The van der Waals surface area contributed by atoms with Crippen molar-refractivity contribution in [3.05, 3.63) is 38.4 Å². The second kappa shape index (κ2) is 2.73. The molecule has 1 heterocycles. The number of hydrogen-bond acceptors (Lipinski definition) is 3. The standard InChI is InChI=1S/C9H9N3O2/c1-4-6(10)3-2-5-7(4)9(14)12-11-8(5)13/h2-3H,10H2,1H3,(H,11,13)(H,12,14). The first kappa shape index (κ1) is 8.55. The van der Waals surface area contributed by atoms with Crippen molar-refractivity contribution in [2.75, 3.05) is 5.73 Å². The molecule has 2 aromatic rings. The van der Waals surface area contributed by atoms with Crippen molar-refractivity contribution in [2.24, 2.45) is 0 Å². The number of aryl methyl sites for hydroxylation is 1. The van der Waals surface area contributed by atoms with Gasteiger partial charge >= 0.3 is 0 Å². The molecule has 0 spiro atoms. The number of nitrogens with one attached hydrogen (secondary N) is 2. The molecule has 0 aliphatic heterocycles. The van der Waals surface area contributed by atoms with Crippen molar-refractivity contribution >= 4 is 16.5 Å². The first-order valence-corrected chi connectivity index (χ1v) is 4.11. The van der Waals surface area contributed by atoms with E-state index in [2.05, 4.69) is 10.2 Å². The molecule has 0 fully saturated rings. The monoisotopic (exact) mass is 191 g/mol. The zero-order chi connectivity index (χ0) is 10.3. The fourth-order valence-electron chi connectivity index (χ4n) is 1.45. The highest BCUT2D eigenvalue weighted by Crippen LogP contribution is 2.16. The predicted molar refractivity (Wildman–Crippen MR) is 54.3 cm³/mol. The Morgan fingerprint density at radius 3 is 2.50 bits per heavy atom. The van der Waals surface area contributed by atoms with Crippen LogP contribution in [0.2, 0.25) is 0 Å². The van der Waals surface area contributed by atoms with E-state index in [-0.39, 0.29) is 11.1 Å². The fraction of sp³-hybridized carbons (Fsp3) is 0.111. The molecule has 0 saturated carbocycles. The second-order valence-corrected chi connectivity index (χ2v) is 3.11. The summed E-state index contributed by atoms with van der Waals surface area (Å²) in [5.74, 6) is 0. The summed E-state index contributed by atoms with van der Waals surface area (Å²) in [5, 5.41) is 5.23. The number of fused-ring (bicyclic) bond motifs is 1. The molecule has 0 amide bonds. The van der Waals surface area contributed by atoms with Crippen LogP contribution >= 0.6 is 0 Å². The Balaban J connectivity index is 3.17. The number of nitrogens with two attached hydrogens (primary N) is 1. The minimum atomic E-state index is -0.329. The summed E-state index contributed by atoms with van der Waals surface area (Å²) in [6.07, 6.45) is 0. The third kappa shape index (κ3) is 1.02. The maximum Gasteiger partial charge on any atom is 0.270 e. The van der Waals surface area contributed by atoms with E-state index < -0.39 is 0 Å². The molecule has 4 N–H and O–H groups in total. The molecule has 72 valence electrons. The van der Waals surface area contributed by atoms with Gasteiger partial charge in [0, 0.05) is 5.69 Å². The summed E-state index contributed by atoms with van der Waals surface area (Å²) < 4.78 is 0. The molecule has 0 aliphatic rings. The van der Waals surface area contributed by atoms with E-state index in [1.54, 1.807) is 19.1 Å². The minimum absolute atomic E-state index is 0.317. The summed E-state index contributed by atoms with van der Waals surface area (Å²) in [7, 11) is 0. The Hall–Kier alpha value is -2.04. The zero-order valence-corrected chi connectivity index (χ0v) is 7.55. The van der Waals surface area contributed by atoms with Gasteiger partial charge in [-0.15, -0.1) is 0 Å². The van der Waals surface area contributed by atoms with Gasteiger partial charge in [-0.3, -0.25) is 19.8 Å². The van der Waals surface area contributed by atoms with Crippen molar-refractivity contribution in [3.8, 4) is 0 Å². The van der Waals surface area contributed by atoms with Crippen LogP contribution < -0.4 is 16.9 Å². The van der Waals surface area contributed by atoms with Crippen molar-refractivity contribution in [2.45, 2.75) is 6.92 Å². The lowest BCUT2D eigenvalue weighted by atomic mass is 10.1. The average Bonchev–Trinajstić information content (AvgIpc) is 2.16. The number of H-pyrrole nitrogens is 2. The Kier molecular flexibility index (Phi) is 1.67. The SMILES string of the molecule is Cc1c(N)ccc2c(=O)[nH][nH]c(=O)c12. The molecule has 5 nitrogen and oxygen atoms in total. The van der Waals surface area contributed by atoms with Gasteiger partial charge in [-0.25, -0.2) is 0 Å². The summed E-state index contributed by atoms with van der Waals surface area (Å²) in [5.41, 5.74) is 6.14. The molecule has 1 aromatic carbocycles. The van der Waals surface area contributed by atoms with Gasteiger partial charge in [0.1, 0.15) is 0 Å². The first-order valence-electron chi connectivity index (χ1n) is 4.11. The molecule has 0 bridgehead atoms. The zero-order valence-electron chi connectivity index (χ0n) is 7.55. The molecule has 0 saturated heterocycles. The molecule has 1 aromatic heterocycles. The summed E-state index contributed by atoms with van der Waals surface area (Å²) in [6.45, 7) is 1.71. The number of nitrogen functional groups attached to an aromatic ring is 1. The topological polar surface area (TPSA) is 91.7 Å². The largest absolute Gasteiger partial charge is 0.398 e. The fourth-order valence-corrected chi connectivity index (χ4v) is 1.45. The summed E-state index contributed by atoms with van der Waals surface area (Å²) >= 11 is 0. The smallest absolute Gasteiger partial charge is 0.270 e. The second-order valence-electron chi connectivity index (χ2n) is 3.11. The number of benzene rings is 1. The third-order valence-electron chi connectivity index (χ3n) is 2.27. The highest BCUT2D eigenvalue weighted by Gasteiger charge is 2.07. The first-order chi connectivity index (χ1) is 6.61. The van der Waals surface area contributed by atoms with E-state index in [1.165, 1.54) is 0 Å². The average molecular weight is 191 g/mol. The van der Waals surface area contributed by atoms with E-state index in [0.29, 0.717) is 22.0 Å². The molecule has 5 heteroatoms. The van der Waals surface area contributed by atoms with E-state index >= 15 is 0 Å². The van der Waals surface area contributed by atoms with Crippen molar-refractivity contribution in [1.82, 2.24) is 10.2 Å². The molecule has 0 atom stereocenters. The maximum atomic E-state index is 11.4. The van der Waals surface area contributed by atoms with Crippen LogP contribution in [0.25, 0.3) is 10.8 Å². The van der Waals surface area contributed by atoms with Crippen molar-refractivity contribution < 1.29 is 0 Å². The van der Waals surface area contributed by atoms with Gasteiger partial charge in [0.2, 0.25) is 0 Å². The van der Waals surface area contributed by atoms with Crippen LogP contribution in [0.15, 0.2) is 21.7 Å². The molecule has 0 radical (unpaired) electrons. The lowest BCUT2D eigenvalue weighted by Crippen LogP contribution is -2.20. The molecule has 0 unspecified atom stereocenters.